The van der Waals surface area contributed by atoms with Crippen molar-refractivity contribution in [1.82, 2.24) is 24.9 Å². The van der Waals surface area contributed by atoms with E-state index in [1.165, 1.54) is 25.5 Å². The maximum Gasteiger partial charge on any atom is 0.273 e. The van der Waals surface area contributed by atoms with E-state index in [1.54, 1.807) is 28.7 Å². The van der Waals surface area contributed by atoms with E-state index < -0.39 is 29.0 Å². The first kappa shape index (κ1) is 28.8. The Balaban J connectivity index is 1.94. The fourth-order valence-corrected chi connectivity index (χ4v) is 4.50. The number of hydrogen-bond donors (Lipinski definition) is 2. The number of aromatic nitrogens is 4. The molecule has 0 aliphatic rings. The quantitative estimate of drug-likeness (QED) is 0.177. The van der Waals surface area contributed by atoms with Crippen molar-refractivity contribution in [2.75, 3.05) is 18.1 Å². The number of nitrogens with one attached hydrogen (secondary N) is 2. The van der Waals surface area contributed by atoms with E-state index in [1.807, 2.05) is 20.8 Å². The molecule has 0 bridgehead atoms. The third-order valence-corrected chi connectivity index (χ3v) is 6.17. The molecule has 2 N–H and O–H groups in total. The third-order valence-electron chi connectivity index (χ3n) is 5.70. The molecule has 3 heterocycles. The molecule has 0 saturated heterocycles. The van der Waals surface area contributed by atoms with E-state index >= 15 is 0 Å². The average molecular weight is 567 g/mol. The van der Waals surface area contributed by atoms with Gasteiger partial charge in [-0.3, -0.25) is 4.79 Å². The van der Waals surface area contributed by atoms with E-state index in [0.29, 0.717) is 46.0 Å². The van der Waals surface area contributed by atoms with Gasteiger partial charge in [-0.15, -0.1) is 10.2 Å². The van der Waals surface area contributed by atoms with Crippen molar-refractivity contribution in [3.8, 4) is 28.8 Å². The zero-order chi connectivity index (χ0) is 29.0. The molecule has 0 aliphatic heterocycles. The standard InChI is InChI=1S/C28H28F2N6O3S/c1-28(2,3)11-10-20-6-7-21(22-8-9-24(39-4)36-26(22)33-34-27(36)35-40(5)38)25(32-20)23(31-16-37)14-17-12-18(29)15-19(30)13-17/h6-9,12-13,15-16,23H,14H2,1-5H3,(H,31,37)(H,34,35). The van der Waals surface area contributed by atoms with Gasteiger partial charge in [-0.2, -0.15) is 4.72 Å². The first-order valence-electron chi connectivity index (χ1n) is 12.2. The second kappa shape index (κ2) is 11.9. The lowest BCUT2D eigenvalue weighted by Crippen LogP contribution is -2.24. The monoisotopic (exact) mass is 566 g/mol. The highest BCUT2D eigenvalue weighted by Gasteiger charge is 2.24. The number of hydrogen-bond acceptors (Lipinski definition) is 7. The molecule has 208 valence electrons. The number of carbonyl (C=O) groups is 1. The Morgan fingerprint density at radius 1 is 1.12 bits per heavy atom. The second-order valence-corrected chi connectivity index (χ2v) is 11.1. The number of carbonyl (C=O) groups excluding carboxylic acids is 1. The summed E-state index contributed by atoms with van der Waals surface area (Å²) in [6, 6.07) is 9.41. The summed E-state index contributed by atoms with van der Waals surface area (Å²) in [5, 5.41) is 11.2. The number of halogens is 2. The van der Waals surface area contributed by atoms with Gasteiger partial charge in [0.25, 0.3) is 5.95 Å². The lowest BCUT2D eigenvalue weighted by molar-refractivity contribution is -0.110. The molecule has 9 nitrogen and oxygen atoms in total. The molecular weight excluding hydrogens is 538 g/mol. The van der Waals surface area contributed by atoms with Gasteiger partial charge >= 0.3 is 0 Å². The number of benzene rings is 1. The maximum atomic E-state index is 14.0. The molecule has 4 aromatic rings. The number of amides is 1. The molecule has 0 saturated carbocycles. The molecule has 1 aromatic carbocycles. The van der Waals surface area contributed by atoms with E-state index in [0.717, 1.165) is 6.07 Å². The molecule has 0 fully saturated rings. The number of nitrogens with zero attached hydrogens (tertiary/aromatic N) is 4. The summed E-state index contributed by atoms with van der Waals surface area (Å²) in [5.41, 5.74) is 2.41. The Hall–Kier alpha value is -4.21. The molecule has 0 spiro atoms. The summed E-state index contributed by atoms with van der Waals surface area (Å²) in [6.45, 7) is 5.91. The predicted molar refractivity (Wildman–Crippen MR) is 149 cm³/mol. The molecule has 2 unspecified atom stereocenters. The normalized spacial score (nSPS) is 12.8. The van der Waals surface area contributed by atoms with Crippen LogP contribution in [0.3, 0.4) is 0 Å². The van der Waals surface area contributed by atoms with Crippen molar-refractivity contribution in [1.29, 1.82) is 0 Å². The van der Waals surface area contributed by atoms with Crippen molar-refractivity contribution >= 4 is 29.4 Å². The van der Waals surface area contributed by atoms with Crippen LogP contribution < -0.4 is 14.8 Å². The van der Waals surface area contributed by atoms with Crippen LogP contribution in [0.25, 0.3) is 16.8 Å². The van der Waals surface area contributed by atoms with Crippen LogP contribution in [0.5, 0.6) is 5.88 Å². The fraction of sp³-hybridized carbons (Fsp3) is 0.286. The molecule has 4 rings (SSSR count). The Morgan fingerprint density at radius 2 is 1.82 bits per heavy atom. The third kappa shape index (κ3) is 6.67. The Bertz CT molecular complexity index is 1590. The first-order valence-corrected chi connectivity index (χ1v) is 13.8. The minimum absolute atomic E-state index is 0.0460. The molecule has 12 heteroatoms. The molecule has 0 radical (unpaired) electrons. The lowest BCUT2D eigenvalue weighted by atomic mass is 9.95. The number of methoxy groups -OCH3 is 1. The molecule has 0 aliphatic carbocycles. The summed E-state index contributed by atoms with van der Waals surface area (Å²) in [4.78, 5) is 16.5. The van der Waals surface area contributed by atoms with Crippen molar-refractivity contribution in [3.05, 3.63) is 71.1 Å². The average Bonchev–Trinajstić information content (AvgIpc) is 3.29. The highest BCUT2D eigenvalue weighted by Crippen LogP contribution is 2.34. The van der Waals surface area contributed by atoms with Gasteiger partial charge in [0.05, 0.1) is 30.2 Å². The van der Waals surface area contributed by atoms with Gasteiger partial charge in [0.1, 0.15) is 23.6 Å². The van der Waals surface area contributed by atoms with Crippen LogP contribution >= 0.6 is 0 Å². The van der Waals surface area contributed by atoms with Crippen LogP contribution in [-0.4, -0.2) is 43.9 Å². The van der Waals surface area contributed by atoms with Gasteiger partial charge in [0, 0.05) is 22.6 Å². The van der Waals surface area contributed by atoms with Gasteiger partial charge in [-0.25, -0.2) is 18.2 Å². The number of fused-ring (bicyclic) bond motifs is 1. The van der Waals surface area contributed by atoms with Gasteiger partial charge in [0.15, 0.2) is 5.65 Å². The molecule has 1 amide bonds. The van der Waals surface area contributed by atoms with Crippen molar-refractivity contribution in [2.45, 2.75) is 33.2 Å². The highest BCUT2D eigenvalue weighted by molar-refractivity contribution is 7.91. The van der Waals surface area contributed by atoms with Gasteiger partial charge in [-0.05, 0) is 75.1 Å². The lowest BCUT2D eigenvalue weighted by Gasteiger charge is -2.20. The zero-order valence-corrected chi connectivity index (χ0v) is 23.4. The number of ether oxygens (including phenoxy) is 1. The Kier molecular flexibility index (Phi) is 8.56. The fourth-order valence-electron chi connectivity index (χ4n) is 4.11. The Labute approximate surface area is 233 Å². The van der Waals surface area contributed by atoms with E-state index in [-0.39, 0.29) is 17.8 Å². The highest BCUT2D eigenvalue weighted by atomic mass is 32.2. The van der Waals surface area contributed by atoms with Crippen LogP contribution in [0.1, 0.15) is 43.8 Å². The number of pyridine rings is 2. The topological polar surface area (TPSA) is 116 Å². The van der Waals surface area contributed by atoms with Gasteiger partial charge < -0.3 is 14.6 Å². The maximum absolute atomic E-state index is 14.0. The number of rotatable bonds is 9. The van der Waals surface area contributed by atoms with Crippen LogP contribution in [0.4, 0.5) is 14.7 Å². The zero-order valence-electron chi connectivity index (χ0n) is 22.6. The minimum atomic E-state index is -1.43. The van der Waals surface area contributed by atoms with Gasteiger partial charge in [-0.1, -0.05) is 5.92 Å². The van der Waals surface area contributed by atoms with E-state index in [9.17, 15) is 18.1 Å². The Morgan fingerprint density at radius 3 is 2.45 bits per heavy atom. The molecule has 2 atom stereocenters. The van der Waals surface area contributed by atoms with E-state index in [4.69, 9.17) is 9.72 Å². The van der Waals surface area contributed by atoms with Crippen LogP contribution in [0.15, 0.2) is 42.5 Å². The molecular formula is C28H28F2N6O3S. The summed E-state index contributed by atoms with van der Waals surface area (Å²) in [5.74, 6) is 5.34. The smallest absolute Gasteiger partial charge is 0.273 e. The van der Waals surface area contributed by atoms with E-state index in [2.05, 4.69) is 32.1 Å². The summed E-state index contributed by atoms with van der Waals surface area (Å²) >= 11 is -1.43. The van der Waals surface area contributed by atoms with Crippen LogP contribution in [0.2, 0.25) is 0 Å². The summed E-state index contributed by atoms with van der Waals surface area (Å²) < 4.78 is 49.7. The second-order valence-electron chi connectivity index (χ2n) is 9.98. The van der Waals surface area contributed by atoms with Crippen molar-refractivity contribution < 1.29 is 22.9 Å². The minimum Gasteiger partial charge on any atom is -0.593 e. The first-order chi connectivity index (χ1) is 19.0. The predicted octanol–water partition coefficient (Wildman–Crippen LogP) is 4.21. The van der Waals surface area contributed by atoms with Crippen molar-refractivity contribution in [3.63, 3.8) is 0 Å². The number of anilines is 1. The SMILES string of the molecule is COc1ccc(-c2ccc(C#CC(C)(C)C)nc2C(Cc2cc(F)cc(F)c2)NC=O)c2nnc(N[S+](C)[O-])n12. The van der Waals surface area contributed by atoms with Crippen LogP contribution in [-0.2, 0) is 22.6 Å². The summed E-state index contributed by atoms with van der Waals surface area (Å²) in [7, 11) is 1.49. The largest absolute Gasteiger partial charge is 0.593 e. The van der Waals surface area contributed by atoms with Crippen molar-refractivity contribution in [2.24, 2.45) is 5.41 Å². The summed E-state index contributed by atoms with van der Waals surface area (Å²) in [6.07, 6.45) is 2.02. The molecule has 40 heavy (non-hydrogen) atoms. The van der Waals surface area contributed by atoms with Gasteiger partial charge in [0.2, 0.25) is 12.3 Å². The molecule has 3 aromatic heterocycles. The van der Waals surface area contributed by atoms with Crippen LogP contribution in [0, 0.1) is 28.9 Å².